The van der Waals surface area contributed by atoms with Gasteiger partial charge in [0.15, 0.2) is 0 Å². The zero-order valence-corrected chi connectivity index (χ0v) is 18.0. The van der Waals surface area contributed by atoms with Crippen LogP contribution in [0.15, 0.2) is 71.6 Å². The summed E-state index contributed by atoms with van der Waals surface area (Å²) in [4.78, 5) is 12.4. The Morgan fingerprint density at radius 3 is 2.23 bits per heavy atom. The van der Waals surface area contributed by atoms with Gasteiger partial charge in [0.05, 0.1) is 18.4 Å². The Hall–Kier alpha value is -3.03. The van der Waals surface area contributed by atoms with Crippen LogP contribution in [0.25, 0.3) is 0 Å². The summed E-state index contributed by atoms with van der Waals surface area (Å²) in [6, 6.07) is 18.3. The maximum absolute atomic E-state index is 12.9. The number of benzene rings is 3. The van der Waals surface area contributed by atoms with Crippen LogP contribution in [0.3, 0.4) is 0 Å². The van der Waals surface area contributed by atoms with E-state index in [4.69, 9.17) is 16.3 Å². The van der Waals surface area contributed by atoms with Gasteiger partial charge in [-0.15, -0.1) is 0 Å². The Morgan fingerprint density at radius 2 is 1.60 bits per heavy atom. The molecule has 0 spiro atoms. The molecule has 30 heavy (non-hydrogen) atoms. The molecule has 0 saturated heterocycles. The van der Waals surface area contributed by atoms with Gasteiger partial charge in [0, 0.05) is 16.4 Å². The molecule has 1 amide bonds. The van der Waals surface area contributed by atoms with Crippen molar-refractivity contribution >= 4 is 38.9 Å². The number of hydrogen-bond donors (Lipinski definition) is 2. The normalized spacial score (nSPS) is 11.0. The molecule has 0 saturated carbocycles. The van der Waals surface area contributed by atoms with Crippen LogP contribution in [-0.2, 0) is 21.2 Å². The first-order valence-electron chi connectivity index (χ1n) is 9.08. The third-order valence-corrected chi connectivity index (χ3v) is 6.16. The topological polar surface area (TPSA) is 84.5 Å². The molecular weight excluding hydrogens is 424 g/mol. The maximum atomic E-state index is 12.9. The van der Waals surface area contributed by atoms with Crippen molar-refractivity contribution in [3.63, 3.8) is 0 Å². The highest BCUT2D eigenvalue weighted by atomic mass is 35.5. The lowest BCUT2D eigenvalue weighted by atomic mass is 10.1. The van der Waals surface area contributed by atoms with Crippen molar-refractivity contribution in [1.29, 1.82) is 0 Å². The summed E-state index contributed by atoms with van der Waals surface area (Å²) in [6.45, 7) is 1.70. The van der Waals surface area contributed by atoms with Crippen molar-refractivity contribution in [2.24, 2.45) is 0 Å². The van der Waals surface area contributed by atoms with E-state index in [2.05, 4.69) is 10.0 Å². The second kappa shape index (κ2) is 9.19. The van der Waals surface area contributed by atoms with Gasteiger partial charge in [-0.25, -0.2) is 8.42 Å². The van der Waals surface area contributed by atoms with Crippen LogP contribution in [-0.4, -0.2) is 21.4 Å². The first-order valence-corrected chi connectivity index (χ1v) is 10.9. The van der Waals surface area contributed by atoms with Gasteiger partial charge in [0.2, 0.25) is 5.91 Å². The van der Waals surface area contributed by atoms with Gasteiger partial charge in [-0.05, 0) is 66.6 Å². The van der Waals surface area contributed by atoms with Gasteiger partial charge in [0.25, 0.3) is 10.0 Å². The fourth-order valence-electron chi connectivity index (χ4n) is 2.83. The molecule has 0 aliphatic heterocycles. The number of halogens is 1. The third-order valence-electron chi connectivity index (χ3n) is 4.38. The Bertz CT molecular complexity index is 1140. The van der Waals surface area contributed by atoms with Gasteiger partial charge in [-0.3, -0.25) is 9.52 Å². The van der Waals surface area contributed by atoms with Crippen LogP contribution >= 0.6 is 11.6 Å². The molecule has 8 heteroatoms. The average molecular weight is 445 g/mol. The Kier molecular flexibility index (Phi) is 6.64. The number of hydrogen-bond acceptors (Lipinski definition) is 4. The van der Waals surface area contributed by atoms with Gasteiger partial charge < -0.3 is 10.1 Å². The highest BCUT2D eigenvalue weighted by molar-refractivity contribution is 7.92. The van der Waals surface area contributed by atoms with Crippen LogP contribution < -0.4 is 14.8 Å². The van der Waals surface area contributed by atoms with E-state index in [1.165, 1.54) is 13.2 Å². The van der Waals surface area contributed by atoms with Crippen LogP contribution in [0.1, 0.15) is 11.1 Å². The number of methoxy groups -OCH3 is 1. The van der Waals surface area contributed by atoms with Gasteiger partial charge >= 0.3 is 0 Å². The summed E-state index contributed by atoms with van der Waals surface area (Å²) in [5, 5.41) is 3.34. The van der Waals surface area contributed by atoms with E-state index in [1.807, 2.05) is 0 Å². The smallest absolute Gasteiger partial charge is 0.262 e. The lowest BCUT2D eigenvalue weighted by Crippen LogP contribution is -2.17. The van der Waals surface area contributed by atoms with Crippen molar-refractivity contribution in [2.75, 3.05) is 17.1 Å². The SMILES string of the molecule is COc1ccc(NS(=O)(=O)c2cc(NC(=O)Cc3ccc(Cl)cc3)ccc2C)cc1. The van der Waals surface area contributed by atoms with E-state index in [1.54, 1.807) is 67.6 Å². The lowest BCUT2D eigenvalue weighted by Gasteiger charge is -2.13. The molecular formula is C22H21ClN2O4S. The largest absolute Gasteiger partial charge is 0.497 e. The molecule has 0 radical (unpaired) electrons. The molecule has 0 aliphatic rings. The minimum Gasteiger partial charge on any atom is -0.497 e. The van der Waals surface area contributed by atoms with E-state index < -0.39 is 10.0 Å². The molecule has 3 aromatic carbocycles. The molecule has 0 unspecified atom stereocenters. The highest BCUT2D eigenvalue weighted by Gasteiger charge is 2.18. The first-order chi connectivity index (χ1) is 14.3. The van der Waals surface area contributed by atoms with Crippen LogP contribution in [0.5, 0.6) is 5.75 Å². The van der Waals surface area contributed by atoms with E-state index in [-0.39, 0.29) is 17.2 Å². The van der Waals surface area contributed by atoms with Gasteiger partial charge in [-0.1, -0.05) is 29.8 Å². The lowest BCUT2D eigenvalue weighted by molar-refractivity contribution is -0.115. The second-order valence-corrected chi connectivity index (χ2v) is 8.75. The van der Waals surface area contributed by atoms with E-state index in [0.717, 1.165) is 5.56 Å². The molecule has 156 valence electrons. The number of carbonyl (C=O) groups excluding carboxylic acids is 1. The minimum absolute atomic E-state index is 0.0858. The highest BCUT2D eigenvalue weighted by Crippen LogP contribution is 2.24. The predicted octanol–water partition coefficient (Wildman–Crippen LogP) is 4.64. The molecule has 0 aliphatic carbocycles. The molecule has 3 aromatic rings. The Morgan fingerprint density at radius 1 is 0.967 bits per heavy atom. The zero-order chi connectivity index (χ0) is 21.7. The van der Waals surface area contributed by atoms with E-state index in [0.29, 0.717) is 27.7 Å². The number of sulfonamides is 1. The van der Waals surface area contributed by atoms with Gasteiger partial charge in [0.1, 0.15) is 5.75 Å². The predicted molar refractivity (Wildman–Crippen MR) is 119 cm³/mol. The monoisotopic (exact) mass is 444 g/mol. The Labute approximate surface area is 180 Å². The van der Waals surface area contributed by atoms with Gasteiger partial charge in [-0.2, -0.15) is 0 Å². The number of anilines is 2. The molecule has 0 bridgehead atoms. The van der Waals surface area contributed by atoms with Crippen molar-refractivity contribution < 1.29 is 17.9 Å². The van der Waals surface area contributed by atoms with Crippen LogP contribution in [0.2, 0.25) is 5.02 Å². The number of amides is 1. The Balaban J connectivity index is 1.76. The summed E-state index contributed by atoms with van der Waals surface area (Å²) < 4.78 is 33.4. The van der Waals surface area contributed by atoms with Crippen molar-refractivity contribution in [3.05, 3.63) is 82.9 Å². The molecule has 6 nitrogen and oxygen atoms in total. The number of ether oxygens (including phenoxy) is 1. The minimum atomic E-state index is -3.84. The zero-order valence-electron chi connectivity index (χ0n) is 16.5. The number of aryl methyl sites for hydroxylation is 1. The molecule has 2 N–H and O–H groups in total. The second-order valence-electron chi connectivity index (χ2n) is 6.67. The third kappa shape index (κ3) is 5.52. The average Bonchev–Trinajstić information content (AvgIpc) is 2.71. The summed E-state index contributed by atoms with van der Waals surface area (Å²) in [7, 11) is -2.31. The summed E-state index contributed by atoms with van der Waals surface area (Å²) >= 11 is 5.86. The molecule has 0 fully saturated rings. The van der Waals surface area contributed by atoms with E-state index >= 15 is 0 Å². The molecule has 0 aromatic heterocycles. The van der Waals surface area contributed by atoms with Crippen molar-refractivity contribution in [2.45, 2.75) is 18.2 Å². The standard InChI is InChI=1S/C22H21ClN2O4S/c1-15-3-8-19(24-22(26)13-16-4-6-17(23)7-5-16)14-21(15)30(27,28)25-18-9-11-20(29-2)12-10-18/h3-12,14,25H,13H2,1-2H3,(H,24,26). The maximum Gasteiger partial charge on any atom is 0.262 e. The summed E-state index contributed by atoms with van der Waals surface area (Å²) in [6.07, 6.45) is 0.150. The number of nitrogens with one attached hydrogen (secondary N) is 2. The summed E-state index contributed by atoms with van der Waals surface area (Å²) in [5.41, 5.74) is 2.17. The van der Waals surface area contributed by atoms with Crippen LogP contribution in [0.4, 0.5) is 11.4 Å². The number of rotatable bonds is 7. The van der Waals surface area contributed by atoms with Crippen molar-refractivity contribution in [3.8, 4) is 5.75 Å². The molecule has 0 heterocycles. The van der Waals surface area contributed by atoms with Crippen LogP contribution in [0, 0.1) is 6.92 Å². The fraction of sp³-hybridized carbons (Fsp3) is 0.136. The number of carbonyl (C=O) groups is 1. The molecule has 3 rings (SSSR count). The molecule has 0 atom stereocenters. The van der Waals surface area contributed by atoms with Crippen molar-refractivity contribution in [1.82, 2.24) is 0 Å². The summed E-state index contributed by atoms with van der Waals surface area (Å²) in [5.74, 6) is 0.368. The quantitative estimate of drug-likeness (QED) is 0.556. The first kappa shape index (κ1) is 21.7. The van der Waals surface area contributed by atoms with E-state index in [9.17, 15) is 13.2 Å². The fourth-order valence-corrected chi connectivity index (χ4v) is 4.29.